The predicted octanol–water partition coefficient (Wildman–Crippen LogP) is 2.61. The van der Waals surface area contributed by atoms with Gasteiger partial charge in [0.25, 0.3) is 0 Å². The van der Waals surface area contributed by atoms with E-state index in [2.05, 4.69) is 10.1 Å². The van der Waals surface area contributed by atoms with Crippen LogP contribution in [0.1, 0.15) is 19.4 Å². The third-order valence-corrected chi connectivity index (χ3v) is 2.67. The average Bonchev–Trinajstić information content (AvgIpc) is 2.34. The summed E-state index contributed by atoms with van der Waals surface area (Å²) < 4.78 is 40.6. The van der Waals surface area contributed by atoms with E-state index in [1.165, 1.54) is 18.2 Å². The molecule has 0 aliphatic rings. The third-order valence-electron chi connectivity index (χ3n) is 2.67. The Kier molecular flexibility index (Phi) is 7.52. The number of nitrogens with one attached hydrogen (secondary N) is 1. The lowest BCUT2D eigenvalue weighted by Crippen LogP contribution is -2.43. The summed E-state index contributed by atoms with van der Waals surface area (Å²) in [6.07, 6.45) is -4.77. The van der Waals surface area contributed by atoms with Crippen molar-refractivity contribution in [1.29, 1.82) is 0 Å². The summed E-state index contributed by atoms with van der Waals surface area (Å²) in [5.74, 6) is -0.808. The van der Waals surface area contributed by atoms with Crippen LogP contribution in [0.3, 0.4) is 0 Å². The van der Waals surface area contributed by atoms with Crippen LogP contribution in [-0.4, -0.2) is 18.3 Å². The van der Waals surface area contributed by atoms with Crippen molar-refractivity contribution < 1.29 is 22.7 Å². The van der Waals surface area contributed by atoms with Crippen LogP contribution in [0.25, 0.3) is 0 Å². The highest BCUT2D eigenvalue weighted by Crippen LogP contribution is 2.26. The molecule has 1 unspecified atom stereocenters. The first-order valence-electron chi connectivity index (χ1n) is 6.07. The van der Waals surface area contributed by atoms with E-state index in [4.69, 9.17) is 5.73 Å². The molecule has 0 heterocycles. The first-order valence-corrected chi connectivity index (χ1v) is 6.07. The zero-order chi connectivity index (χ0) is 15.3. The summed E-state index contributed by atoms with van der Waals surface area (Å²) in [5, 5.41) is 2.49. The number of alkyl halides is 3. The highest BCUT2D eigenvalue weighted by molar-refractivity contribution is 5.85. The second-order valence-electron chi connectivity index (χ2n) is 4.64. The number of hydrogen-bond donors (Lipinski definition) is 2. The van der Waals surface area contributed by atoms with E-state index in [0.717, 1.165) is 0 Å². The van der Waals surface area contributed by atoms with Crippen molar-refractivity contribution in [2.24, 2.45) is 11.7 Å². The number of para-hydroxylation sites is 1. The van der Waals surface area contributed by atoms with Gasteiger partial charge in [0.2, 0.25) is 5.91 Å². The lowest BCUT2D eigenvalue weighted by Gasteiger charge is -2.17. The fourth-order valence-corrected chi connectivity index (χ4v) is 1.48. The number of hydrogen-bond acceptors (Lipinski definition) is 3. The molecule has 3 N–H and O–H groups in total. The third kappa shape index (κ3) is 6.68. The van der Waals surface area contributed by atoms with Crippen LogP contribution >= 0.6 is 12.4 Å². The fourth-order valence-electron chi connectivity index (χ4n) is 1.48. The van der Waals surface area contributed by atoms with Gasteiger partial charge in [-0.15, -0.1) is 25.6 Å². The molecule has 0 radical (unpaired) electrons. The number of carbonyl (C=O) groups excluding carboxylic acids is 1. The normalized spacial score (nSPS) is 12.5. The van der Waals surface area contributed by atoms with Gasteiger partial charge in [-0.3, -0.25) is 4.79 Å². The molecule has 0 spiro atoms. The molecule has 21 heavy (non-hydrogen) atoms. The standard InChI is InChI=1S/C13H17F3N2O2.ClH/c1-8(2)11(17)12(19)18-7-9-5-3-4-6-10(9)20-13(14,15)16;/h3-6,8,11H,7,17H2,1-2H3,(H,18,19);1H. The molecule has 1 atom stereocenters. The van der Waals surface area contributed by atoms with Gasteiger partial charge in [0.15, 0.2) is 0 Å². The van der Waals surface area contributed by atoms with E-state index in [1.54, 1.807) is 19.9 Å². The van der Waals surface area contributed by atoms with E-state index in [-0.39, 0.29) is 36.2 Å². The molecule has 0 saturated carbocycles. The molecule has 8 heteroatoms. The van der Waals surface area contributed by atoms with Gasteiger partial charge in [-0.05, 0) is 12.0 Å². The first kappa shape index (κ1) is 19.5. The van der Waals surface area contributed by atoms with Crippen molar-refractivity contribution in [2.45, 2.75) is 32.8 Å². The van der Waals surface area contributed by atoms with Crippen molar-refractivity contribution in [2.75, 3.05) is 0 Å². The minimum Gasteiger partial charge on any atom is -0.405 e. The molecule has 0 fully saturated rings. The van der Waals surface area contributed by atoms with Gasteiger partial charge in [-0.25, -0.2) is 0 Å². The number of halogens is 4. The van der Waals surface area contributed by atoms with Gasteiger partial charge in [0, 0.05) is 12.1 Å². The van der Waals surface area contributed by atoms with Crippen molar-refractivity contribution in [3.63, 3.8) is 0 Å². The maximum absolute atomic E-state index is 12.2. The minimum absolute atomic E-state index is 0. The molecule has 0 aromatic heterocycles. The van der Waals surface area contributed by atoms with Gasteiger partial charge in [-0.2, -0.15) is 0 Å². The molecule has 1 aromatic carbocycles. The Morgan fingerprint density at radius 3 is 2.43 bits per heavy atom. The highest BCUT2D eigenvalue weighted by Gasteiger charge is 2.32. The van der Waals surface area contributed by atoms with E-state index in [1.807, 2.05) is 0 Å². The van der Waals surface area contributed by atoms with Gasteiger partial charge < -0.3 is 15.8 Å². The summed E-state index contributed by atoms with van der Waals surface area (Å²) in [6, 6.07) is 4.92. The predicted molar refractivity (Wildman–Crippen MR) is 75.0 cm³/mol. The lowest BCUT2D eigenvalue weighted by molar-refractivity contribution is -0.274. The summed E-state index contributed by atoms with van der Waals surface area (Å²) >= 11 is 0. The number of benzene rings is 1. The topological polar surface area (TPSA) is 64.4 Å². The van der Waals surface area contributed by atoms with Gasteiger partial charge in [0.1, 0.15) is 5.75 Å². The number of nitrogens with two attached hydrogens (primary N) is 1. The van der Waals surface area contributed by atoms with Crippen LogP contribution in [0.15, 0.2) is 24.3 Å². The van der Waals surface area contributed by atoms with Gasteiger partial charge in [0.05, 0.1) is 6.04 Å². The Morgan fingerprint density at radius 2 is 1.90 bits per heavy atom. The summed E-state index contributed by atoms with van der Waals surface area (Å²) in [6.45, 7) is 3.49. The zero-order valence-corrected chi connectivity index (χ0v) is 12.4. The smallest absolute Gasteiger partial charge is 0.405 e. The van der Waals surface area contributed by atoms with Crippen LogP contribution in [-0.2, 0) is 11.3 Å². The molecule has 0 aliphatic heterocycles. The number of amides is 1. The second-order valence-corrected chi connectivity index (χ2v) is 4.64. The number of rotatable bonds is 5. The zero-order valence-electron chi connectivity index (χ0n) is 11.6. The van der Waals surface area contributed by atoms with Crippen LogP contribution in [0, 0.1) is 5.92 Å². The molecular weight excluding hydrogens is 309 g/mol. The average molecular weight is 327 g/mol. The van der Waals surface area contributed by atoms with Gasteiger partial charge in [-0.1, -0.05) is 32.0 Å². The van der Waals surface area contributed by atoms with E-state index in [9.17, 15) is 18.0 Å². The second kappa shape index (κ2) is 8.09. The molecule has 0 aliphatic carbocycles. The summed E-state index contributed by atoms with van der Waals surface area (Å²) in [5.41, 5.74) is 5.87. The molecule has 1 aromatic rings. The van der Waals surface area contributed by atoms with Crippen LogP contribution in [0.2, 0.25) is 0 Å². The Morgan fingerprint density at radius 1 is 1.33 bits per heavy atom. The van der Waals surface area contributed by atoms with Crippen molar-refractivity contribution >= 4 is 18.3 Å². The first-order chi connectivity index (χ1) is 9.20. The van der Waals surface area contributed by atoms with Crippen LogP contribution in [0.5, 0.6) is 5.75 Å². The largest absolute Gasteiger partial charge is 0.573 e. The van der Waals surface area contributed by atoms with E-state index < -0.39 is 18.3 Å². The highest BCUT2D eigenvalue weighted by atomic mass is 35.5. The maximum Gasteiger partial charge on any atom is 0.573 e. The van der Waals surface area contributed by atoms with E-state index >= 15 is 0 Å². The summed E-state index contributed by atoms with van der Waals surface area (Å²) in [7, 11) is 0. The Bertz CT molecular complexity index is 467. The SMILES string of the molecule is CC(C)C(N)C(=O)NCc1ccccc1OC(F)(F)F.Cl. The lowest BCUT2D eigenvalue weighted by atomic mass is 10.0. The molecule has 1 rings (SSSR count). The molecule has 4 nitrogen and oxygen atoms in total. The van der Waals surface area contributed by atoms with Crippen LogP contribution < -0.4 is 15.8 Å². The Labute approximate surface area is 127 Å². The van der Waals surface area contributed by atoms with E-state index in [0.29, 0.717) is 0 Å². The molecule has 1 amide bonds. The Balaban J connectivity index is 0.00000400. The Hall–Kier alpha value is -1.47. The number of ether oxygens (including phenoxy) is 1. The van der Waals surface area contributed by atoms with Crippen LogP contribution in [0.4, 0.5) is 13.2 Å². The maximum atomic E-state index is 12.2. The number of carbonyl (C=O) groups is 1. The summed E-state index contributed by atoms with van der Waals surface area (Å²) in [4.78, 5) is 11.7. The van der Waals surface area contributed by atoms with Crippen molar-refractivity contribution in [1.82, 2.24) is 5.32 Å². The molecule has 0 bridgehead atoms. The molecular formula is C13H18ClF3N2O2. The monoisotopic (exact) mass is 326 g/mol. The fraction of sp³-hybridized carbons (Fsp3) is 0.462. The van der Waals surface area contributed by atoms with Gasteiger partial charge >= 0.3 is 6.36 Å². The minimum atomic E-state index is -4.77. The molecule has 0 saturated heterocycles. The molecule has 120 valence electrons. The van der Waals surface area contributed by atoms with Crippen molar-refractivity contribution in [3.8, 4) is 5.75 Å². The quantitative estimate of drug-likeness (QED) is 0.874. The van der Waals surface area contributed by atoms with Crippen molar-refractivity contribution in [3.05, 3.63) is 29.8 Å².